The standard InChI is InChI=1S/C16H14INO/c17-12-7-5-11(6-8-12)9-16(19)14-10-18-15-4-2-1-3-13(14)15/h1-8,14,18H,9-10H2. The van der Waals surface area contributed by atoms with Crippen molar-refractivity contribution in [3.05, 3.63) is 63.2 Å². The minimum atomic E-state index is -0.00419. The molecule has 2 nitrogen and oxygen atoms in total. The second kappa shape index (κ2) is 5.33. The summed E-state index contributed by atoms with van der Waals surface area (Å²) in [7, 11) is 0. The molecule has 1 aliphatic heterocycles. The van der Waals surface area contributed by atoms with E-state index in [1.807, 2.05) is 48.5 Å². The number of para-hydroxylation sites is 1. The number of anilines is 1. The van der Waals surface area contributed by atoms with Gasteiger partial charge < -0.3 is 5.32 Å². The van der Waals surface area contributed by atoms with Crippen molar-refractivity contribution < 1.29 is 4.79 Å². The van der Waals surface area contributed by atoms with Crippen LogP contribution in [0, 0.1) is 3.57 Å². The van der Waals surface area contributed by atoms with Crippen molar-refractivity contribution in [3.8, 4) is 0 Å². The van der Waals surface area contributed by atoms with Crippen LogP contribution in [0.4, 0.5) is 5.69 Å². The first kappa shape index (κ1) is 12.7. The number of carbonyl (C=O) groups excluding carboxylic acids is 1. The van der Waals surface area contributed by atoms with Crippen LogP contribution < -0.4 is 5.32 Å². The molecule has 2 aromatic rings. The zero-order chi connectivity index (χ0) is 13.2. The van der Waals surface area contributed by atoms with Crippen molar-refractivity contribution in [2.75, 3.05) is 11.9 Å². The SMILES string of the molecule is O=C(Cc1ccc(I)cc1)C1CNc2ccccc21. The van der Waals surface area contributed by atoms with Crippen molar-refractivity contribution in [2.45, 2.75) is 12.3 Å². The van der Waals surface area contributed by atoms with E-state index in [9.17, 15) is 4.79 Å². The summed E-state index contributed by atoms with van der Waals surface area (Å²) in [5, 5.41) is 3.30. The Bertz CT molecular complexity index is 606. The van der Waals surface area contributed by atoms with E-state index in [0.717, 1.165) is 23.4 Å². The number of Topliss-reactive ketones (excluding diaryl/α,β-unsaturated/α-hetero) is 1. The summed E-state index contributed by atoms with van der Waals surface area (Å²) < 4.78 is 1.20. The van der Waals surface area contributed by atoms with Crippen LogP contribution >= 0.6 is 22.6 Å². The fourth-order valence-corrected chi connectivity index (χ4v) is 2.86. The first-order valence-electron chi connectivity index (χ1n) is 6.34. The summed E-state index contributed by atoms with van der Waals surface area (Å²) in [6.07, 6.45) is 0.512. The van der Waals surface area contributed by atoms with Gasteiger partial charge in [0.05, 0.1) is 5.92 Å². The van der Waals surface area contributed by atoms with Gasteiger partial charge in [0.1, 0.15) is 5.78 Å². The third kappa shape index (κ3) is 2.66. The molecule has 0 spiro atoms. The summed E-state index contributed by atoms with van der Waals surface area (Å²) in [4.78, 5) is 12.4. The van der Waals surface area contributed by atoms with Crippen LogP contribution in [0.2, 0.25) is 0 Å². The number of hydrogen-bond acceptors (Lipinski definition) is 2. The van der Waals surface area contributed by atoms with Crippen LogP contribution in [0.15, 0.2) is 48.5 Å². The summed E-state index contributed by atoms with van der Waals surface area (Å²) in [6.45, 7) is 0.725. The van der Waals surface area contributed by atoms with Crippen molar-refractivity contribution in [3.63, 3.8) is 0 Å². The predicted octanol–water partition coefficient (Wildman–Crippen LogP) is 3.61. The minimum absolute atomic E-state index is 0.00419. The maximum atomic E-state index is 12.4. The van der Waals surface area contributed by atoms with E-state index in [1.165, 1.54) is 3.57 Å². The Morgan fingerprint density at radius 2 is 1.89 bits per heavy atom. The van der Waals surface area contributed by atoms with E-state index in [-0.39, 0.29) is 5.92 Å². The van der Waals surface area contributed by atoms with Gasteiger partial charge in [0.15, 0.2) is 0 Å². The number of benzene rings is 2. The Morgan fingerprint density at radius 1 is 1.16 bits per heavy atom. The molecule has 0 aliphatic carbocycles. The molecule has 0 bridgehead atoms. The highest BCUT2D eigenvalue weighted by atomic mass is 127. The van der Waals surface area contributed by atoms with Gasteiger partial charge in [-0.2, -0.15) is 0 Å². The van der Waals surface area contributed by atoms with E-state index in [2.05, 4.69) is 27.9 Å². The summed E-state index contributed by atoms with van der Waals surface area (Å²) in [6, 6.07) is 16.2. The number of ketones is 1. The Balaban J connectivity index is 1.77. The van der Waals surface area contributed by atoms with E-state index >= 15 is 0 Å². The fraction of sp³-hybridized carbons (Fsp3) is 0.188. The van der Waals surface area contributed by atoms with Crippen molar-refractivity contribution in [1.29, 1.82) is 0 Å². The van der Waals surface area contributed by atoms with Crippen molar-refractivity contribution in [2.24, 2.45) is 0 Å². The highest BCUT2D eigenvalue weighted by Gasteiger charge is 2.27. The molecule has 1 atom stereocenters. The topological polar surface area (TPSA) is 29.1 Å². The molecular formula is C16H14INO. The maximum absolute atomic E-state index is 12.4. The molecule has 0 aromatic heterocycles. The lowest BCUT2D eigenvalue weighted by atomic mass is 9.93. The maximum Gasteiger partial charge on any atom is 0.146 e. The largest absolute Gasteiger partial charge is 0.384 e. The molecule has 0 amide bonds. The van der Waals surface area contributed by atoms with Crippen molar-refractivity contribution >= 4 is 34.1 Å². The van der Waals surface area contributed by atoms with Crippen LogP contribution in [-0.4, -0.2) is 12.3 Å². The molecule has 0 fully saturated rings. The number of hydrogen-bond donors (Lipinski definition) is 1. The number of carbonyl (C=O) groups is 1. The molecule has 1 unspecified atom stereocenters. The number of rotatable bonds is 3. The predicted molar refractivity (Wildman–Crippen MR) is 85.5 cm³/mol. The molecule has 0 saturated heterocycles. The van der Waals surface area contributed by atoms with E-state index in [1.54, 1.807) is 0 Å². The second-order valence-electron chi connectivity index (χ2n) is 4.79. The molecule has 0 radical (unpaired) electrons. The zero-order valence-corrected chi connectivity index (χ0v) is 12.6. The molecule has 1 aliphatic rings. The van der Waals surface area contributed by atoms with Crippen LogP contribution in [0.1, 0.15) is 17.0 Å². The summed E-state index contributed by atoms with van der Waals surface area (Å²) in [5.41, 5.74) is 3.33. The van der Waals surface area contributed by atoms with Gasteiger partial charge >= 0.3 is 0 Å². The first-order valence-corrected chi connectivity index (χ1v) is 7.42. The van der Waals surface area contributed by atoms with Crippen molar-refractivity contribution in [1.82, 2.24) is 0 Å². The number of nitrogens with one attached hydrogen (secondary N) is 1. The van der Waals surface area contributed by atoms with Gasteiger partial charge in [0.2, 0.25) is 0 Å². The molecular weight excluding hydrogens is 349 g/mol. The zero-order valence-electron chi connectivity index (χ0n) is 10.4. The second-order valence-corrected chi connectivity index (χ2v) is 6.04. The average molecular weight is 363 g/mol. The van der Waals surface area contributed by atoms with Gasteiger partial charge in [0.25, 0.3) is 0 Å². The lowest BCUT2D eigenvalue weighted by Crippen LogP contribution is -2.16. The Morgan fingerprint density at radius 3 is 2.68 bits per heavy atom. The van der Waals surface area contributed by atoms with Crippen LogP contribution in [0.3, 0.4) is 0 Å². The Hall–Kier alpha value is -1.36. The molecule has 1 N–H and O–H groups in total. The Kier molecular flexibility index (Phi) is 3.55. The smallest absolute Gasteiger partial charge is 0.146 e. The van der Waals surface area contributed by atoms with Gasteiger partial charge in [-0.15, -0.1) is 0 Å². The highest BCUT2D eigenvalue weighted by molar-refractivity contribution is 14.1. The van der Waals surface area contributed by atoms with Gasteiger partial charge in [0, 0.05) is 22.2 Å². The molecule has 19 heavy (non-hydrogen) atoms. The van der Waals surface area contributed by atoms with Gasteiger partial charge in [-0.3, -0.25) is 4.79 Å². The fourth-order valence-electron chi connectivity index (χ4n) is 2.50. The van der Waals surface area contributed by atoms with E-state index in [4.69, 9.17) is 0 Å². The van der Waals surface area contributed by atoms with Gasteiger partial charge in [-0.25, -0.2) is 0 Å². The molecule has 1 heterocycles. The quantitative estimate of drug-likeness (QED) is 0.845. The lowest BCUT2D eigenvalue weighted by molar-refractivity contribution is -0.119. The average Bonchev–Trinajstić information content (AvgIpc) is 2.85. The monoisotopic (exact) mass is 363 g/mol. The third-order valence-corrected chi connectivity index (χ3v) is 4.23. The van der Waals surface area contributed by atoms with E-state index < -0.39 is 0 Å². The normalized spacial score (nSPS) is 16.8. The Labute approximate surface area is 126 Å². The van der Waals surface area contributed by atoms with Crippen LogP contribution in [-0.2, 0) is 11.2 Å². The van der Waals surface area contributed by atoms with E-state index in [0.29, 0.717) is 12.2 Å². The highest BCUT2D eigenvalue weighted by Crippen LogP contribution is 2.32. The molecule has 3 heteroatoms. The lowest BCUT2D eigenvalue weighted by Gasteiger charge is -2.09. The number of fused-ring (bicyclic) bond motifs is 1. The van der Waals surface area contributed by atoms with Crippen LogP contribution in [0.5, 0.6) is 0 Å². The van der Waals surface area contributed by atoms with Gasteiger partial charge in [-0.1, -0.05) is 30.3 Å². The van der Waals surface area contributed by atoms with Gasteiger partial charge in [-0.05, 0) is 51.9 Å². The molecule has 3 rings (SSSR count). The van der Waals surface area contributed by atoms with Crippen LogP contribution in [0.25, 0.3) is 0 Å². The first-order chi connectivity index (χ1) is 9.24. The molecule has 0 saturated carbocycles. The summed E-state index contributed by atoms with van der Waals surface area (Å²) in [5.74, 6) is 0.286. The molecule has 96 valence electrons. The minimum Gasteiger partial charge on any atom is -0.384 e. The number of halogens is 1. The summed E-state index contributed by atoms with van der Waals surface area (Å²) >= 11 is 2.27. The molecule has 2 aromatic carbocycles. The third-order valence-electron chi connectivity index (χ3n) is 3.51.